The fourth-order valence-corrected chi connectivity index (χ4v) is 2.21. The lowest BCUT2D eigenvalue weighted by Gasteiger charge is -2.26. The predicted molar refractivity (Wildman–Crippen MR) is 127 cm³/mol. The van der Waals surface area contributed by atoms with E-state index >= 15 is 0 Å². The quantitative estimate of drug-likeness (QED) is 0.380. The molecule has 0 aliphatic carbocycles. The lowest BCUT2D eigenvalue weighted by atomic mass is 10.4. The SMILES string of the molecule is CN(C)CCN(C)CCN(C)C.CN(C)CCN(CCN(C)C)CCN(C)C. The first kappa shape index (κ1) is 29.9. The van der Waals surface area contributed by atoms with Gasteiger partial charge in [-0.1, -0.05) is 0 Å². The average molecular weight is 404 g/mol. The summed E-state index contributed by atoms with van der Waals surface area (Å²) in [4.78, 5) is 16.1. The molecule has 0 unspecified atom stereocenters. The molecule has 0 aromatic carbocycles. The summed E-state index contributed by atoms with van der Waals surface area (Å²) in [5.41, 5.74) is 0. The molecule has 0 atom stereocenters. The zero-order chi connectivity index (χ0) is 22.1. The van der Waals surface area contributed by atoms with Crippen LogP contribution in [0.3, 0.4) is 0 Å². The Labute approximate surface area is 177 Å². The number of rotatable bonds is 15. The summed E-state index contributed by atoms with van der Waals surface area (Å²) in [7, 11) is 23.4. The van der Waals surface area contributed by atoms with E-state index in [1.165, 1.54) is 0 Å². The maximum atomic E-state index is 2.54. The maximum Gasteiger partial charge on any atom is 0.0110 e. The molecule has 0 spiro atoms. The van der Waals surface area contributed by atoms with Crippen LogP contribution in [-0.4, -0.2) is 177 Å². The van der Waals surface area contributed by atoms with Crippen LogP contribution in [0, 0.1) is 0 Å². The Kier molecular flexibility index (Phi) is 20.0. The van der Waals surface area contributed by atoms with Crippen molar-refractivity contribution in [1.82, 2.24) is 34.3 Å². The minimum Gasteiger partial charge on any atom is -0.308 e. The van der Waals surface area contributed by atoms with Crippen molar-refractivity contribution in [2.45, 2.75) is 0 Å². The zero-order valence-corrected chi connectivity index (χ0v) is 21.2. The molecule has 7 nitrogen and oxygen atoms in total. The van der Waals surface area contributed by atoms with Crippen molar-refractivity contribution in [3.63, 3.8) is 0 Å². The molecule has 0 radical (unpaired) electrons. The standard InChI is InChI=1S/C12H30N4.C9H23N3/c1-13(2)7-10-16(11-8-14(3)4)12-9-15(5)6;1-10(2)6-8-12(5)9-7-11(3)4/h7-12H2,1-6H3;6-9H2,1-5H3. The van der Waals surface area contributed by atoms with Crippen LogP contribution in [0.15, 0.2) is 0 Å². The Morgan fingerprint density at radius 2 is 0.500 bits per heavy atom. The Hall–Kier alpha value is -0.280. The molecule has 0 aliphatic rings. The molecule has 0 bridgehead atoms. The lowest BCUT2D eigenvalue weighted by molar-refractivity contribution is 0.201. The maximum absolute atomic E-state index is 2.54. The van der Waals surface area contributed by atoms with Gasteiger partial charge >= 0.3 is 0 Å². The Bertz CT molecular complexity index is 279. The molecule has 0 amide bonds. The largest absolute Gasteiger partial charge is 0.308 e. The highest BCUT2D eigenvalue weighted by molar-refractivity contribution is 4.63. The Morgan fingerprint density at radius 1 is 0.286 bits per heavy atom. The zero-order valence-electron chi connectivity index (χ0n) is 21.2. The third kappa shape index (κ3) is 25.7. The third-order valence-electron chi connectivity index (χ3n) is 4.45. The van der Waals surface area contributed by atoms with Gasteiger partial charge in [-0.15, -0.1) is 0 Å². The molecule has 0 aliphatic heterocycles. The normalized spacial score (nSPS) is 12.2. The van der Waals surface area contributed by atoms with Gasteiger partial charge in [0.25, 0.3) is 0 Å². The number of likely N-dealkylation sites (N-methyl/N-ethyl adjacent to an activating group) is 6. The molecule has 0 saturated heterocycles. The van der Waals surface area contributed by atoms with Crippen LogP contribution in [0.1, 0.15) is 0 Å². The monoisotopic (exact) mass is 403 g/mol. The third-order valence-corrected chi connectivity index (χ3v) is 4.45. The molecular formula is C21H53N7. The van der Waals surface area contributed by atoms with Crippen LogP contribution in [0.4, 0.5) is 0 Å². The van der Waals surface area contributed by atoms with Crippen molar-refractivity contribution in [1.29, 1.82) is 0 Å². The van der Waals surface area contributed by atoms with Gasteiger partial charge in [0.2, 0.25) is 0 Å². The van der Waals surface area contributed by atoms with Gasteiger partial charge in [-0.3, -0.25) is 4.90 Å². The van der Waals surface area contributed by atoms with E-state index < -0.39 is 0 Å². The number of nitrogens with zero attached hydrogens (tertiary/aromatic N) is 7. The topological polar surface area (TPSA) is 22.7 Å². The number of hydrogen-bond donors (Lipinski definition) is 0. The van der Waals surface area contributed by atoms with Gasteiger partial charge in [0.05, 0.1) is 0 Å². The molecule has 28 heavy (non-hydrogen) atoms. The van der Waals surface area contributed by atoms with Gasteiger partial charge in [0.1, 0.15) is 0 Å². The van der Waals surface area contributed by atoms with Gasteiger partial charge in [0.15, 0.2) is 0 Å². The molecule has 7 heteroatoms. The summed E-state index contributed by atoms with van der Waals surface area (Å²) in [5, 5.41) is 0. The summed E-state index contributed by atoms with van der Waals surface area (Å²) in [6.07, 6.45) is 0. The van der Waals surface area contributed by atoms with E-state index in [2.05, 4.69) is 112 Å². The first-order valence-electron chi connectivity index (χ1n) is 10.6. The van der Waals surface area contributed by atoms with E-state index in [0.717, 1.165) is 65.4 Å². The van der Waals surface area contributed by atoms with E-state index in [1.807, 2.05) is 0 Å². The van der Waals surface area contributed by atoms with Gasteiger partial charge in [-0.05, 0) is 77.5 Å². The van der Waals surface area contributed by atoms with E-state index in [4.69, 9.17) is 0 Å². The van der Waals surface area contributed by atoms with Crippen molar-refractivity contribution >= 4 is 0 Å². The molecular weight excluding hydrogens is 350 g/mol. The van der Waals surface area contributed by atoms with E-state index in [-0.39, 0.29) is 0 Å². The van der Waals surface area contributed by atoms with Gasteiger partial charge in [0, 0.05) is 65.4 Å². The van der Waals surface area contributed by atoms with Gasteiger partial charge in [-0.2, -0.15) is 0 Å². The van der Waals surface area contributed by atoms with Crippen LogP contribution in [-0.2, 0) is 0 Å². The second-order valence-electron chi connectivity index (χ2n) is 9.16. The molecule has 0 rings (SSSR count). The molecule has 0 fully saturated rings. The smallest absolute Gasteiger partial charge is 0.0110 e. The summed E-state index contributed by atoms with van der Waals surface area (Å²) in [6, 6.07) is 0. The van der Waals surface area contributed by atoms with Gasteiger partial charge in [-0.25, -0.2) is 0 Å². The highest BCUT2D eigenvalue weighted by atomic mass is 15.2. The first-order chi connectivity index (χ1) is 12.9. The van der Waals surface area contributed by atoms with E-state index in [1.54, 1.807) is 0 Å². The van der Waals surface area contributed by atoms with Crippen molar-refractivity contribution < 1.29 is 0 Å². The lowest BCUT2D eigenvalue weighted by Crippen LogP contribution is -2.40. The molecule has 0 aromatic heterocycles. The predicted octanol–water partition coefficient (Wildman–Crippen LogP) is 0.0146. The molecule has 0 heterocycles. The summed E-state index contributed by atoms with van der Waals surface area (Å²) in [5.74, 6) is 0. The fraction of sp³-hybridized carbons (Fsp3) is 1.00. The van der Waals surface area contributed by atoms with Crippen molar-refractivity contribution in [2.75, 3.05) is 143 Å². The fourth-order valence-electron chi connectivity index (χ4n) is 2.21. The van der Waals surface area contributed by atoms with Crippen LogP contribution in [0.2, 0.25) is 0 Å². The Balaban J connectivity index is 0. The van der Waals surface area contributed by atoms with Crippen LogP contribution in [0.5, 0.6) is 0 Å². The van der Waals surface area contributed by atoms with E-state index in [9.17, 15) is 0 Å². The summed E-state index contributed by atoms with van der Waals surface area (Å²) >= 11 is 0. The highest BCUT2D eigenvalue weighted by Gasteiger charge is 2.06. The first-order valence-corrected chi connectivity index (χ1v) is 10.6. The second kappa shape index (κ2) is 18.7. The van der Waals surface area contributed by atoms with Crippen LogP contribution < -0.4 is 0 Å². The molecule has 0 aromatic rings. The highest BCUT2D eigenvalue weighted by Crippen LogP contribution is 1.91. The summed E-state index contributed by atoms with van der Waals surface area (Å²) in [6.45, 7) is 11.5. The minimum atomic E-state index is 1.14. The van der Waals surface area contributed by atoms with Crippen molar-refractivity contribution in [3.05, 3.63) is 0 Å². The van der Waals surface area contributed by atoms with Crippen LogP contribution >= 0.6 is 0 Å². The van der Waals surface area contributed by atoms with Gasteiger partial charge < -0.3 is 29.4 Å². The number of hydrogen-bond acceptors (Lipinski definition) is 7. The second-order valence-corrected chi connectivity index (χ2v) is 9.16. The molecule has 172 valence electrons. The average Bonchev–Trinajstić information content (AvgIpc) is 2.57. The van der Waals surface area contributed by atoms with Crippen molar-refractivity contribution in [3.8, 4) is 0 Å². The summed E-state index contributed by atoms with van der Waals surface area (Å²) < 4.78 is 0. The van der Waals surface area contributed by atoms with Crippen molar-refractivity contribution in [2.24, 2.45) is 0 Å². The Morgan fingerprint density at radius 3 is 0.714 bits per heavy atom. The molecule has 0 N–H and O–H groups in total. The molecule has 0 saturated carbocycles. The van der Waals surface area contributed by atoms with Crippen LogP contribution in [0.25, 0.3) is 0 Å². The minimum absolute atomic E-state index is 1.14. The van der Waals surface area contributed by atoms with E-state index in [0.29, 0.717) is 0 Å².